The van der Waals surface area contributed by atoms with Crippen molar-refractivity contribution >= 4 is 0 Å². The van der Waals surface area contributed by atoms with E-state index in [0.29, 0.717) is 0 Å². The topological polar surface area (TPSA) is 27.7 Å². The summed E-state index contributed by atoms with van der Waals surface area (Å²) in [6.07, 6.45) is 5.48. The van der Waals surface area contributed by atoms with Crippen LogP contribution in [0.1, 0.15) is 59.8 Å². The van der Waals surface area contributed by atoms with Crippen molar-refractivity contribution in [3.8, 4) is 0 Å². The lowest BCUT2D eigenvalue weighted by Crippen LogP contribution is -2.48. The van der Waals surface area contributed by atoms with Crippen LogP contribution in [0.3, 0.4) is 0 Å². The van der Waals surface area contributed by atoms with Gasteiger partial charge in [0.05, 0.1) is 6.61 Å². The van der Waals surface area contributed by atoms with E-state index in [9.17, 15) is 0 Å². The Labute approximate surface area is 105 Å². The van der Waals surface area contributed by atoms with Crippen LogP contribution in [0.2, 0.25) is 0 Å². The molecule has 3 heteroatoms. The highest BCUT2D eigenvalue weighted by molar-refractivity contribution is 4.93. The van der Waals surface area contributed by atoms with E-state index in [1.807, 2.05) is 0 Å². The molecule has 2 aliphatic heterocycles. The number of rotatable bonds is 4. The maximum absolute atomic E-state index is 5.65. The highest BCUT2D eigenvalue weighted by Crippen LogP contribution is 2.49. The van der Waals surface area contributed by atoms with Crippen LogP contribution in [0.5, 0.6) is 0 Å². The van der Waals surface area contributed by atoms with Gasteiger partial charge in [-0.25, -0.2) is 9.78 Å². The van der Waals surface area contributed by atoms with Gasteiger partial charge in [0.25, 0.3) is 0 Å². The molecule has 2 heterocycles. The average Bonchev–Trinajstić information content (AvgIpc) is 2.66. The first-order chi connectivity index (χ1) is 8.01. The average molecular weight is 242 g/mol. The fourth-order valence-corrected chi connectivity index (χ4v) is 3.37. The quantitative estimate of drug-likeness (QED) is 0.704. The first-order valence-electron chi connectivity index (χ1n) is 6.97. The Morgan fingerprint density at radius 2 is 1.94 bits per heavy atom. The van der Waals surface area contributed by atoms with Gasteiger partial charge in [0.2, 0.25) is 0 Å². The predicted molar refractivity (Wildman–Crippen MR) is 66.3 cm³/mol. The van der Waals surface area contributed by atoms with Crippen LogP contribution in [-0.2, 0) is 14.5 Å². The molecule has 0 amide bonds. The fourth-order valence-electron chi connectivity index (χ4n) is 3.37. The molecule has 0 aliphatic carbocycles. The molecule has 2 fully saturated rings. The lowest BCUT2D eigenvalue weighted by molar-refractivity contribution is -0.463. The molecular weight excluding hydrogens is 216 g/mol. The Hall–Kier alpha value is -0.120. The smallest absolute Gasteiger partial charge is 0.196 e. The first-order valence-corrected chi connectivity index (χ1v) is 6.97. The summed E-state index contributed by atoms with van der Waals surface area (Å²) in [7, 11) is 0. The fraction of sp³-hybridized carbons (Fsp3) is 1.00. The molecule has 3 nitrogen and oxygen atoms in total. The van der Waals surface area contributed by atoms with Crippen LogP contribution in [0.25, 0.3) is 0 Å². The maximum Gasteiger partial charge on any atom is 0.196 e. The van der Waals surface area contributed by atoms with E-state index in [4.69, 9.17) is 14.5 Å². The molecule has 0 saturated carbocycles. The highest BCUT2D eigenvalue weighted by Gasteiger charge is 2.52. The van der Waals surface area contributed by atoms with E-state index in [1.54, 1.807) is 0 Å². The summed E-state index contributed by atoms with van der Waals surface area (Å²) >= 11 is 0. The molecule has 2 rings (SSSR count). The van der Waals surface area contributed by atoms with Crippen LogP contribution < -0.4 is 0 Å². The van der Waals surface area contributed by atoms with E-state index >= 15 is 0 Å². The molecule has 0 spiro atoms. The molecule has 0 aromatic carbocycles. The molecule has 0 aromatic rings. The van der Waals surface area contributed by atoms with Crippen molar-refractivity contribution in [1.82, 2.24) is 0 Å². The third-order valence-electron chi connectivity index (χ3n) is 4.50. The van der Waals surface area contributed by atoms with Gasteiger partial charge in [-0.2, -0.15) is 0 Å². The van der Waals surface area contributed by atoms with Crippen molar-refractivity contribution in [1.29, 1.82) is 0 Å². The third-order valence-corrected chi connectivity index (χ3v) is 4.50. The summed E-state index contributed by atoms with van der Waals surface area (Å²) in [5, 5.41) is 0. The molecule has 0 N–H and O–H groups in total. The summed E-state index contributed by atoms with van der Waals surface area (Å²) in [4.78, 5) is 11.1. The van der Waals surface area contributed by atoms with Crippen molar-refractivity contribution in [3.05, 3.63) is 0 Å². The standard InChI is InChI=1S/C14H26O3/c1-5-11(6-2)9-14(4)10-13(3)7-8-15-12(13)16-17-14/h11-12H,5-10H2,1-4H3/t12-,13+,14?/m1/s1. The molecule has 17 heavy (non-hydrogen) atoms. The monoisotopic (exact) mass is 242 g/mol. The molecule has 0 bridgehead atoms. The van der Waals surface area contributed by atoms with Crippen LogP contribution in [-0.4, -0.2) is 18.5 Å². The summed E-state index contributed by atoms with van der Waals surface area (Å²) in [6, 6.07) is 0. The zero-order valence-corrected chi connectivity index (χ0v) is 11.6. The van der Waals surface area contributed by atoms with Crippen molar-refractivity contribution in [2.24, 2.45) is 11.3 Å². The number of hydrogen-bond donors (Lipinski definition) is 0. The molecule has 2 saturated heterocycles. The summed E-state index contributed by atoms with van der Waals surface area (Å²) in [5.74, 6) is 0.728. The molecule has 0 radical (unpaired) electrons. The van der Waals surface area contributed by atoms with Gasteiger partial charge in [0.15, 0.2) is 6.29 Å². The molecule has 2 aliphatic rings. The zero-order valence-electron chi connectivity index (χ0n) is 11.6. The van der Waals surface area contributed by atoms with Gasteiger partial charge in [-0.15, -0.1) is 0 Å². The van der Waals surface area contributed by atoms with Crippen molar-refractivity contribution in [3.63, 3.8) is 0 Å². The lowest BCUT2D eigenvalue weighted by Gasteiger charge is -2.44. The second-order valence-electron chi connectivity index (χ2n) is 6.30. The Kier molecular flexibility index (Phi) is 3.81. The summed E-state index contributed by atoms with van der Waals surface area (Å²) < 4.78 is 5.56. The van der Waals surface area contributed by atoms with E-state index in [0.717, 1.165) is 31.8 Å². The Morgan fingerprint density at radius 3 is 2.59 bits per heavy atom. The second-order valence-corrected chi connectivity index (χ2v) is 6.30. The van der Waals surface area contributed by atoms with E-state index in [-0.39, 0.29) is 17.3 Å². The van der Waals surface area contributed by atoms with Gasteiger partial charge < -0.3 is 4.74 Å². The normalized spacial score (nSPS) is 41.8. The zero-order chi connectivity index (χ0) is 12.5. The second kappa shape index (κ2) is 4.87. The Bertz CT molecular complexity index is 264. The molecule has 1 unspecified atom stereocenters. The van der Waals surface area contributed by atoms with Gasteiger partial charge in [0.1, 0.15) is 5.60 Å². The predicted octanol–water partition coefficient (Wildman–Crippen LogP) is 3.68. The van der Waals surface area contributed by atoms with E-state index < -0.39 is 0 Å². The molecule has 3 atom stereocenters. The minimum Gasteiger partial charge on any atom is -0.349 e. The van der Waals surface area contributed by atoms with Crippen LogP contribution in [0, 0.1) is 11.3 Å². The van der Waals surface area contributed by atoms with Gasteiger partial charge >= 0.3 is 0 Å². The highest BCUT2D eigenvalue weighted by atomic mass is 17.2. The largest absolute Gasteiger partial charge is 0.349 e. The van der Waals surface area contributed by atoms with Gasteiger partial charge in [0, 0.05) is 5.41 Å². The molecular formula is C14H26O3. The van der Waals surface area contributed by atoms with Gasteiger partial charge in [-0.05, 0) is 32.1 Å². The van der Waals surface area contributed by atoms with E-state index in [1.165, 1.54) is 12.8 Å². The van der Waals surface area contributed by atoms with Gasteiger partial charge in [-0.3, -0.25) is 0 Å². The van der Waals surface area contributed by atoms with Crippen LogP contribution >= 0.6 is 0 Å². The SMILES string of the molecule is CCC(CC)CC1(C)C[C@]2(C)CCO[C@@H]2OO1. The number of hydrogen-bond acceptors (Lipinski definition) is 3. The van der Waals surface area contributed by atoms with E-state index in [2.05, 4.69) is 27.7 Å². The minimum absolute atomic E-state index is 0.138. The third kappa shape index (κ3) is 2.67. The molecule has 100 valence electrons. The maximum atomic E-state index is 5.65. The Morgan fingerprint density at radius 1 is 1.24 bits per heavy atom. The van der Waals surface area contributed by atoms with Crippen LogP contribution in [0.4, 0.5) is 0 Å². The summed E-state index contributed by atoms with van der Waals surface area (Å²) in [6.45, 7) is 9.75. The van der Waals surface area contributed by atoms with Gasteiger partial charge in [-0.1, -0.05) is 33.6 Å². The minimum atomic E-state index is -0.155. The first kappa shape index (κ1) is 13.3. The van der Waals surface area contributed by atoms with Crippen molar-refractivity contribution in [2.45, 2.75) is 71.7 Å². The van der Waals surface area contributed by atoms with Crippen LogP contribution in [0.15, 0.2) is 0 Å². The number of ether oxygens (including phenoxy) is 1. The van der Waals surface area contributed by atoms with Crippen molar-refractivity contribution < 1.29 is 14.5 Å². The lowest BCUT2D eigenvalue weighted by atomic mass is 9.73. The Balaban J connectivity index is 2.01. The summed E-state index contributed by atoms with van der Waals surface area (Å²) in [5.41, 5.74) is -0.00529. The molecule has 0 aromatic heterocycles. The number of fused-ring (bicyclic) bond motifs is 1. The van der Waals surface area contributed by atoms with Crippen molar-refractivity contribution in [2.75, 3.05) is 6.61 Å².